The minimum absolute atomic E-state index is 0.0538. The molecule has 0 amide bonds. The van der Waals surface area contributed by atoms with Gasteiger partial charge in [-0.1, -0.05) is 89.4 Å². The lowest BCUT2D eigenvalue weighted by molar-refractivity contribution is 0.563. The second-order valence-corrected chi connectivity index (χ2v) is 7.77. The molecular weight excluding hydrogens is 342 g/mol. The van der Waals surface area contributed by atoms with E-state index < -0.39 is 5.41 Å². The van der Waals surface area contributed by atoms with Crippen molar-refractivity contribution in [3.63, 3.8) is 0 Å². The molecule has 2 aliphatic carbocycles. The molecule has 2 heteroatoms. The third-order valence-corrected chi connectivity index (χ3v) is 6.13. The van der Waals surface area contributed by atoms with Gasteiger partial charge in [-0.2, -0.15) is 0 Å². The summed E-state index contributed by atoms with van der Waals surface area (Å²) in [6, 6.07) is 23.5. The van der Waals surface area contributed by atoms with Crippen LogP contribution in [-0.2, 0) is 5.41 Å². The van der Waals surface area contributed by atoms with Crippen LogP contribution in [0.25, 0.3) is 11.1 Å². The van der Waals surface area contributed by atoms with Gasteiger partial charge in [0.15, 0.2) is 0 Å². The van der Waals surface area contributed by atoms with Crippen LogP contribution in [0.15, 0.2) is 90.3 Å². The molecule has 1 atom stereocenters. The maximum Gasteiger partial charge on any atom is 0.113 e. The molecule has 0 spiro atoms. The number of allylic oxidation sites excluding steroid dienone is 4. The molecule has 3 aromatic rings. The zero-order valence-corrected chi connectivity index (χ0v) is 15.9. The summed E-state index contributed by atoms with van der Waals surface area (Å²) >= 11 is 0. The Bertz CT molecular complexity index is 1140. The first-order valence-electron chi connectivity index (χ1n) is 9.73. The Labute approximate surface area is 166 Å². The third-order valence-electron chi connectivity index (χ3n) is 6.13. The maximum absolute atomic E-state index is 13.9. The van der Waals surface area contributed by atoms with Crippen LogP contribution in [0.1, 0.15) is 35.1 Å². The number of aryl methyl sites for hydroxylation is 1. The standard InChI is InChI=1S/C26H20BF/c1-17-6-8-18(9-7-17)26(19-10-13-21(28)14-11-19)24-5-3-2-4-22(24)23-15-12-20(27)16-25(23)26/h2-10,12-13,15-16H,11,14H2,1H3. The lowest BCUT2D eigenvalue weighted by Crippen LogP contribution is -2.31. The minimum atomic E-state index is -0.438. The topological polar surface area (TPSA) is 0 Å². The molecule has 0 bridgehead atoms. The van der Waals surface area contributed by atoms with Crippen LogP contribution in [0.5, 0.6) is 0 Å². The number of hydrogen-bond acceptors (Lipinski definition) is 0. The summed E-state index contributed by atoms with van der Waals surface area (Å²) in [5.41, 5.74) is 8.84. The van der Waals surface area contributed by atoms with Crippen molar-refractivity contribution >= 4 is 13.3 Å². The van der Waals surface area contributed by atoms with Crippen LogP contribution >= 0.6 is 0 Å². The summed E-state index contributed by atoms with van der Waals surface area (Å²) in [4.78, 5) is 0. The molecule has 1 unspecified atom stereocenters. The summed E-state index contributed by atoms with van der Waals surface area (Å²) in [5.74, 6) is -0.0538. The predicted octanol–water partition coefficient (Wildman–Crippen LogP) is 5.68. The van der Waals surface area contributed by atoms with Gasteiger partial charge in [0, 0.05) is 6.42 Å². The van der Waals surface area contributed by atoms with Crippen LogP contribution in [0.2, 0.25) is 0 Å². The fraction of sp³-hybridized carbons (Fsp3) is 0.154. The maximum atomic E-state index is 13.9. The molecule has 0 nitrogen and oxygen atoms in total. The molecular formula is C26H20BF. The SMILES string of the molecule is [B]c1ccc2c(c1)C(C1=CC=C(F)CC1)(c1ccc(C)cc1)c1ccccc1-2. The molecule has 2 radical (unpaired) electrons. The van der Waals surface area contributed by atoms with Gasteiger partial charge in [-0.25, -0.2) is 4.39 Å². The van der Waals surface area contributed by atoms with Crippen molar-refractivity contribution in [1.82, 2.24) is 0 Å². The highest BCUT2D eigenvalue weighted by atomic mass is 19.1. The van der Waals surface area contributed by atoms with Gasteiger partial charge in [0.2, 0.25) is 0 Å². The second-order valence-electron chi connectivity index (χ2n) is 7.77. The van der Waals surface area contributed by atoms with Crippen LogP contribution in [0.3, 0.4) is 0 Å². The largest absolute Gasteiger partial charge is 0.212 e. The van der Waals surface area contributed by atoms with E-state index in [1.54, 1.807) is 6.08 Å². The van der Waals surface area contributed by atoms with E-state index in [2.05, 4.69) is 67.6 Å². The van der Waals surface area contributed by atoms with Crippen molar-refractivity contribution in [2.45, 2.75) is 25.2 Å². The van der Waals surface area contributed by atoms with Gasteiger partial charge in [-0.15, -0.1) is 0 Å². The van der Waals surface area contributed by atoms with E-state index in [1.807, 2.05) is 12.1 Å². The molecule has 0 N–H and O–H groups in total. The normalized spacial score (nSPS) is 20.2. The molecule has 0 heterocycles. The summed E-state index contributed by atoms with van der Waals surface area (Å²) in [5, 5.41) is 0. The molecule has 134 valence electrons. The average Bonchev–Trinajstić information content (AvgIpc) is 3.00. The Balaban J connectivity index is 1.92. The fourth-order valence-corrected chi connectivity index (χ4v) is 4.87. The van der Waals surface area contributed by atoms with Gasteiger partial charge < -0.3 is 0 Å². The average molecular weight is 362 g/mol. The summed E-state index contributed by atoms with van der Waals surface area (Å²) in [7, 11) is 6.25. The lowest BCUT2D eigenvalue weighted by Gasteiger charge is -2.37. The minimum Gasteiger partial charge on any atom is -0.212 e. The first-order chi connectivity index (χ1) is 13.6. The molecule has 0 aliphatic heterocycles. The molecule has 5 rings (SSSR count). The monoisotopic (exact) mass is 362 g/mol. The van der Waals surface area contributed by atoms with Gasteiger partial charge in [0.1, 0.15) is 13.7 Å². The second kappa shape index (κ2) is 6.34. The smallest absolute Gasteiger partial charge is 0.113 e. The zero-order chi connectivity index (χ0) is 19.3. The van der Waals surface area contributed by atoms with Crippen LogP contribution in [0.4, 0.5) is 4.39 Å². The number of benzene rings is 3. The summed E-state index contributed by atoms with van der Waals surface area (Å²) in [6.45, 7) is 2.10. The Morgan fingerprint density at radius 3 is 2.32 bits per heavy atom. The van der Waals surface area contributed by atoms with E-state index in [0.717, 1.165) is 5.46 Å². The molecule has 0 saturated carbocycles. The van der Waals surface area contributed by atoms with Crippen molar-refractivity contribution in [3.05, 3.63) is 113 Å². The Hall–Kier alpha value is -2.87. The van der Waals surface area contributed by atoms with Crippen molar-refractivity contribution in [2.24, 2.45) is 0 Å². The number of fused-ring (bicyclic) bond motifs is 3. The van der Waals surface area contributed by atoms with E-state index in [9.17, 15) is 4.39 Å². The lowest BCUT2D eigenvalue weighted by atomic mass is 9.65. The van der Waals surface area contributed by atoms with E-state index in [0.29, 0.717) is 12.8 Å². The van der Waals surface area contributed by atoms with Gasteiger partial charge in [0.05, 0.1) is 5.41 Å². The highest BCUT2D eigenvalue weighted by molar-refractivity contribution is 6.32. The quantitative estimate of drug-likeness (QED) is 0.515. The van der Waals surface area contributed by atoms with E-state index >= 15 is 0 Å². The van der Waals surface area contributed by atoms with Crippen molar-refractivity contribution in [1.29, 1.82) is 0 Å². The zero-order valence-electron chi connectivity index (χ0n) is 15.9. The van der Waals surface area contributed by atoms with E-state index in [-0.39, 0.29) is 5.83 Å². The summed E-state index contributed by atoms with van der Waals surface area (Å²) < 4.78 is 13.9. The van der Waals surface area contributed by atoms with Crippen molar-refractivity contribution in [2.75, 3.05) is 0 Å². The first-order valence-corrected chi connectivity index (χ1v) is 9.73. The first kappa shape index (κ1) is 17.2. The number of halogens is 1. The third kappa shape index (κ3) is 2.37. The molecule has 0 aromatic heterocycles. The predicted molar refractivity (Wildman–Crippen MR) is 115 cm³/mol. The van der Waals surface area contributed by atoms with E-state index in [4.69, 9.17) is 7.85 Å². The van der Waals surface area contributed by atoms with Crippen LogP contribution in [0, 0.1) is 6.92 Å². The molecule has 0 saturated heterocycles. The highest BCUT2D eigenvalue weighted by Crippen LogP contribution is 2.57. The fourth-order valence-electron chi connectivity index (χ4n) is 4.87. The van der Waals surface area contributed by atoms with Crippen molar-refractivity contribution in [3.8, 4) is 11.1 Å². The van der Waals surface area contributed by atoms with Gasteiger partial charge in [-0.05, 0) is 47.2 Å². The molecule has 28 heavy (non-hydrogen) atoms. The van der Waals surface area contributed by atoms with Gasteiger partial charge in [0.25, 0.3) is 0 Å². The molecule has 3 aromatic carbocycles. The van der Waals surface area contributed by atoms with Crippen LogP contribution in [-0.4, -0.2) is 7.85 Å². The molecule has 2 aliphatic rings. The Morgan fingerprint density at radius 2 is 1.57 bits per heavy atom. The Kier molecular flexibility index (Phi) is 3.91. The number of rotatable bonds is 2. The number of hydrogen-bond donors (Lipinski definition) is 0. The van der Waals surface area contributed by atoms with Gasteiger partial charge >= 0.3 is 0 Å². The summed E-state index contributed by atoms with van der Waals surface area (Å²) in [6.07, 6.45) is 4.74. The Morgan fingerprint density at radius 1 is 0.821 bits per heavy atom. The highest BCUT2D eigenvalue weighted by Gasteiger charge is 2.47. The van der Waals surface area contributed by atoms with E-state index in [1.165, 1.54) is 39.0 Å². The van der Waals surface area contributed by atoms with Crippen LogP contribution < -0.4 is 5.46 Å². The van der Waals surface area contributed by atoms with Gasteiger partial charge in [-0.3, -0.25) is 0 Å². The van der Waals surface area contributed by atoms with Crippen molar-refractivity contribution < 1.29 is 4.39 Å². The molecule has 0 fully saturated rings.